The van der Waals surface area contributed by atoms with Crippen LogP contribution in [-0.2, 0) is 9.53 Å². The molecule has 0 heterocycles. The van der Waals surface area contributed by atoms with Crippen molar-refractivity contribution in [1.82, 2.24) is 5.32 Å². The van der Waals surface area contributed by atoms with Gasteiger partial charge in [-0.15, -0.1) is 0 Å². The Morgan fingerprint density at radius 1 is 1.29 bits per heavy atom. The van der Waals surface area contributed by atoms with Gasteiger partial charge in [0.1, 0.15) is 0 Å². The first-order valence-electron chi connectivity index (χ1n) is 6.75. The molecule has 1 aromatic rings. The van der Waals surface area contributed by atoms with Crippen molar-refractivity contribution in [3.05, 3.63) is 23.8 Å². The zero-order valence-electron chi connectivity index (χ0n) is 12.9. The van der Waals surface area contributed by atoms with Gasteiger partial charge in [-0.25, -0.2) is 4.79 Å². The number of ether oxygens (including phenoxy) is 1. The van der Waals surface area contributed by atoms with Crippen LogP contribution in [0, 0.1) is 0 Å². The smallest absolute Gasteiger partial charge is 0.337 e. The third-order valence-corrected chi connectivity index (χ3v) is 2.66. The van der Waals surface area contributed by atoms with Crippen LogP contribution in [0.2, 0.25) is 0 Å². The first-order valence-corrected chi connectivity index (χ1v) is 6.75. The molecule has 1 rings (SSSR count). The van der Waals surface area contributed by atoms with Crippen LogP contribution >= 0.6 is 0 Å². The molecule has 0 saturated carbocycles. The first kappa shape index (κ1) is 16.8. The van der Waals surface area contributed by atoms with Gasteiger partial charge >= 0.3 is 5.97 Å². The quantitative estimate of drug-likeness (QED) is 0.568. The average Bonchev–Trinajstić information content (AvgIpc) is 2.38. The summed E-state index contributed by atoms with van der Waals surface area (Å²) >= 11 is 0. The lowest BCUT2D eigenvalue weighted by Gasteiger charge is -2.20. The van der Waals surface area contributed by atoms with Crippen LogP contribution in [0.15, 0.2) is 18.2 Å². The van der Waals surface area contributed by atoms with E-state index in [2.05, 4.69) is 15.4 Å². The number of amides is 1. The molecule has 1 amide bonds. The SMILES string of the molecule is COC(=O)c1ccc(N)c(NCCC(=O)NC(C)(C)C)c1. The van der Waals surface area contributed by atoms with Crippen LogP contribution in [0.3, 0.4) is 0 Å². The monoisotopic (exact) mass is 293 g/mol. The van der Waals surface area contributed by atoms with E-state index in [-0.39, 0.29) is 11.4 Å². The van der Waals surface area contributed by atoms with E-state index in [1.807, 2.05) is 20.8 Å². The minimum absolute atomic E-state index is 0.0438. The molecule has 0 unspecified atom stereocenters. The van der Waals surface area contributed by atoms with Crippen LogP contribution in [-0.4, -0.2) is 31.1 Å². The number of methoxy groups -OCH3 is 1. The summed E-state index contributed by atoms with van der Waals surface area (Å²) in [6.45, 7) is 6.21. The molecule has 0 atom stereocenters. The Kier molecular flexibility index (Phi) is 5.58. The third-order valence-electron chi connectivity index (χ3n) is 2.66. The number of carbonyl (C=O) groups is 2. The van der Waals surface area contributed by atoms with Gasteiger partial charge in [-0.2, -0.15) is 0 Å². The summed E-state index contributed by atoms with van der Waals surface area (Å²) in [4.78, 5) is 23.2. The molecule has 0 aliphatic carbocycles. The standard InChI is InChI=1S/C15H23N3O3/c1-15(2,3)18-13(19)7-8-17-12-9-10(14(20)21-4)5-6-11(12)16/h5-6,9,17H,7-8,16H2,1-4H3,(H,18,19). The van der Waals surface area contributed by atoms with Crippen molar-refractivity contribution in [2.45, 2.75) is 32.7 Å². The molecule has 0 aliphatic heterocycles. The molecular formula is C15H23N3O3. The lowest BCUT2D eigenvalue weighted by Crippen LogP contribution is -2.41. The number of esters is 1. The maximum absolute atomic E-state index is 11.7. The van der Waals surface area contributed by atoms with Gasteiger partial charge in [0.05, 0.1) is 24.0 Å². The van der Waals surface area contributed by atoms with Crippen LogP contribution in [0.25, 0.3) is 0 Å². The van der Waals surface area contributed by atoms with E-state index >= 15 is 0 Å². The van der Waals surface area contributed by atoms with Crippen LogP contribution in [0.4, 0.5) is 11.4 Å². The highest BCUT2D eigenvalue weighted by Gasteiger charge is 2.13. The van der Waals surface area contributed by atoms with E-state index in [0.29, 0.717) is 29.9 Å². The molecule has 116 valence electrons. The van der Waals surface area contributed by atoms with Crippen molar-refractivity contribution in [1.29, 1.82) is 0 Å². The second kappa shape index (κ2) is 6.97. The number of hydrogen-bond donors (Lipinski definition) is 3. The van der Waals surface area contributed by atoms with E-state index in [1.165, 1.54) is 7.11 Å². The fourth-order valence-electron chi connectivity index (χ4n) is 1.75. The van der Waals surface area contributed by atoms with Gasteiger partial charge in [-0.3, -0.25) is 4.79 Å². The number of benzene rings is 1. The summed E-state index contributed by atoms with van der Waals surface area (Å²) in [5.41, 5.74) is 7.12. The largest absolute Gasteiger partial charge is 0.465 e. The summed E-state index contributed by atoms with van der Waals surface area (Å²) in [6, 6.07) is 4.84. The lowest BCUT2D eigenvalue weighted by atomic mass is 10.1. The summed E-state index contributed by atoms with van der Waals surface area (Å²) in [6.07, 6.45) is 0.319. The van der Waals surface area contributed by atoms with Gasteiger partial charge in [0.2, 0.25) is 5.91 Å². The van der Waals surface area contributed by atoms with E-state index in [0.717, 1.165) is 0 Å². The summed E-state index contributed by atoms with van der Waals surface area (Å²) in [5.74, 6) is -0.471. The van der Waals surface area contributed by atoms with Crippen molar-refractivity contribution in [2.75, 3.05) is 24.7 Å². The fourth-order valence-corrected chi connectivity index (χ4v) is 1.75. The molecule has 0 bridgehead atoms. The molecule has 0 aromatic heterocycles. The Morgan fingerprint density at radius 3 is 2.52 bits per heavy atom. The van der Waals surface area contributed by atoms with Gasteiger partial charge in [-0.05, 0) is 39.0 Å². The van der Waals surface area contributed by atoms with E-state index in [4.69, 9.17) is 5.73 Å². The van der Waals surface area contributed by atoms with E-state index in [1.54, 1.807) is 18.2 Å². The minimum atomic E-state index is -0.427. The third kappa shape index (κ3) is 5.72. The molecule has 0 radical (unpaired) electrons. The number of nitrogens with two attached hydrogens (primary N) is 1. The van der Waals surface area contributed by atoms with Crippen LogP contribution < -0.4 is 16.4 Å². The maximum Gasteiger partial charge on any atom is 0.337 e. The van der Waals surface area contributed by atoms with Crippen molar-refractivity contribution in [3.8, 4) is 0 Å². The minimum Gasteiger partial charge on any atom is -0.465 e. The van der Waals surface area contributed by atoms with Gasteiger partial charge < -0.3 is 21.1 Å². The van der Waals surface area contributed by atoms with Gasteiger partial charge in [0, 0.05) is 18.5 Å². The molecule has 0 aliphatic rings. The molecule has 0 fully saturated rings. The number of carbonyl (C=O) groups excluding carboxylic acids is 2. The Bertz CT molecular complexity index is 521. The van der Waals surface area contributed by atoms with Crippen molar-refractivity contribution in [2.24, 2.45) is 0 Å². The van der Waals surface area contributed by atoms with Crippen molar-refractivity contribution < 1.29 is 14.3 Å². The lowest BCUT2D eigenvalue weighted by molar-refractivity contribution is -0.122. The predicted molar refractivity (Wildman–Crippen MR) is 83.2 cm³/mol. The maximum atomic E-state index is 11.7. The van der Waals surface area contributed by atoms with Gasteiger partial charge in [-0.1, -0.05) is 0 Å². The Morgan fingerprint density at radius 2 is 1.95 bits per heavy atom. The van der Waals surface area contributed by atoms with E-state index < -0.39 is 5.97 Å². The average molecular weight is 293 g/mol. The van der Waals surface area contributed by atoms with Crippen molar-refractivity contribution >= 4 is 23.3 Å². The molecular weight excluding hydrogens is 270 g/mol. The zero-order valence-corrected chi connectivity index (χ0v) is 12.9. The molecule has 6 heteroatoms. The molecule has 0 spiro atoms. The van der Waals surface area contributed by atoms with Crippen molar-refractivity contribution in [3.63, 3.8) is 0 Å². The molecule has 21 heavy (non-hydrogen) atoms. The predicted octanol–water partition coefficient (Wildman–Crippen LogP) is 1.77. The number of nitrogens with one attached hydrogen (secondary N) is 2. The Hall–Kier alpha value is -2.24. The molecule has 1 aromatic carbocycles. The summed E-state index contributed by atoms with van der Waals surface area (Å²) in [7, 11) is 1.32. The molecule has 4 N–H and O–H groups in total. The Balaban J connectivity index is 2.59. The van der Waals surface area contributed by atoms with Crippen LogP contribution in [0.5, 0.6) is 0 Å². The number of hydrogen-bond acceptors (Lipinski definition) is 5. The second-order valence-electron chi connectivity index (χ2n) is 5.77. The molecule has 6 nitrogen and oxygen atoms in total. The number of rotatable bonds is 5. The number of nitrogen functional groups attached to an aromatic ring is 1. The molecule has 0 saturated heterocycles. The number of anilines is 2. The highest BCUT2D eigenvalue weighted by atomic mass is 16.5. The zero-order chi connectivity index (χ0) is 16.0. The van der Waals surface area contributed by atoms with Gasteiger partial charge in [0.15, 0.2) is 0 Å². The normalized spacial score (nSPS) is 10.9. The van der Waals surface area contributed by atoms with Crippen LogP contribution in [0.1, 0.15) is 37.6 Å². The summed E-state index contributed by atoms with van der Waals surface area (Å²) in [5, 5.41) is 5.93. The fraction of sp³-hybridized carbons (Fsp3) is 0.467. The highest BCUT2D eigenvalue weighted by molar-refractivity contribution is 5.92. The van der Waals surface area contributed by atoms with E-state index in [9.17, 15) is 9.59 Å². The van der Waals surface area contributed by atoms with Gasteiger partial charge in [0.25, 0.3) is 0 Å². The topological polar surface area (TPSA) is 93.4 Å². The summed E-state index contributed by atoms with van der Waals surface area (Å²) < 4.78 is 4.66. The highest BCUT2D eigenvalue weighted by Crippen LogP contribution is 2.20. The second-order valence-corrected chi connectivity index (χ2v) is 5.77. The Labute approximate surface area is 125 Å². The first-order chi connectivity index (χ1) is 9.73.